The molecule has 0 saturated carbocycles. The quantitative estimate of drug-likeness (QED) is 0.553. The number of rotatable bonds is 3. The number of carbonyl (C=O) groups excluding carboxylic acids is 2. The number of amides is 2. The molecule has 2 amide bonds. The lowest BCUT2D eigenvalue weighted by Gasteiger charge is -2.11. The molecule has 0 radical (unpaired) electrons. The molecule has 2 heterocycles. The van der Waals surface area contributed by atoms with E-state index in [4.69, 9.17) is 0 Å². The van der Waals surface area contributed by atoms with Crippen LogP contribution in [-0.4, -0.2) is 59.3 Å². The highest BCUT2D eigenvalue weighted by Crippen LogP contribution is 2.22. The van der Waals surface area contributed by atoms with E-state index in [9.17, 15) is 9.59 Å². The summed E-state index contributed by atoms with van der Waals surface area (Å²) in [5.74, 6) is 5.83. The lowest BCUT2D eigenvalue weighted by molar-refractivity contribution is -0.137. The van der Waals surface area contributed by atoms with E-state index in [1.54, 1.807) is 0 Å². The SMILES string of the molecule is CSC1CC(=O)N(CC#CCN2CCCC2)C1=O. The number of hydrogen-bond donors (Lipinski definition) is 0. The van der Waals surface area contributed by atoms with Crippen LogP contribution in [0, 0.1) is 11.8 Å². The van der Waals surface area contributed by atoms with E-state index in [0.717, 1.165) is 19.6 Å². The van der Waals surface area contributed by atoms with E-state index in [2.05, 4.69) is 16.7 Å². The Morgan fingerprint density at radius 1 is 1.22 bits per heavy atom. The molecule has 1 atom stereocenters. The molecule has 98 valence electrons. The van der Waals surface area contributed by atoms with Crippen molar-refractivity contribution in [1.29, 1.82) is 0 Å². The number of nitrogens with zero attached hydrogens (tertiary/aromatic N) is 2. The van der Waals surface area contributed by atoms with Crippen LogP contribution in [0.2, 0.25) is 0 Å². The van der Waals surface area contributed by atoms with E-state index in [0.29, 0.717) is 6.42 Å². The van der Waals surface area contributed by atoms with Gasteiger partial charge in [0.1, 0.15) is 0 Å². The first-order chi connectivity index (χ1) is 8.72. The zero-order chi connectivity index (χ0) is 13.0. The molecule has 0 aromatic heterocycles. The summed E-state index contributed by atoms with van der Waals surface area (Å²) < 4.78 is 0. The molecule has 0 bridgehead atoms. The molecule has 0 aromatic carbocycles. The average molecular weight is 266 g/mol. The third-order valence-electron chi connectivity index (χ3n) is 3.35. The van der Waals surface area contributed by atoms with Gasteiger partial charge in [-0.15, -0.1) is 0 Å². The zero-order valence-electron chi connectivity index (χ0n) is 10.6. The predicted molar refractivity (Wildman–Crippen MR) is 72.1 cm³/mol. The Morgan fingerprint density at radius 2 is 1.89 bits per heavy atom. The molecule has 1 unspecified atom stereocenters. The van der Waals surface area contributed by atoms with Crippen molar-refractivity contribution in [3.05, 3.63) is 0 Å². The standard InChI is InChI=1S/C13H18N2O2S/c1-18-11-10-12(16)15(13(11)17)9-5-4-8-14-6-2-3-7-14/h11H,2-3,6-10H2,1H3. The summed E-state index contributed by atoms with van der Waals surface area (Å²) in [6.07, 6.45) is 4.69. The minimum Gasteiger partial charge on any atom is -0.292 e. The van der Waals surface area contributed by atoms with Gasteiger partial charge in [0.05, 0.1) is 18.3 Å². The normalized spacial score (nSPS) is 24.5. The van der Waals surface area contributed by atoms with Crippen molar-refractivity contribution in [3.63, 3.8) is 0 Å². The molecule has 0 aliphatic carbocycles. The first kappa shape index (κ1) is 13.4. The molecule has 4 nitrogen and oxygen atoms in total. The van der Waals surface area contributed by atoms with Gasteiger partial charge < -0.3 is 0 Å². The molecule has 2 saturated heterocycles. The molecule has 0 aromatic rings. The smallest absolute Gasteiger partial charge is 0.243 e. The second-order valence-electron chi connectivity index (χ2n) is 4.58. The van der Waals surface area contributed by atoms with Gasteiger partial charge in [0, 0.05) is 6.42 Å². The number of thioether (sulfide) groups is 1. The minimum atomic E-state index is -0.196. The fraction of sp³-hybridized carbons (Fsp3) is 0.692. The predicted octanol–water partition coefficient (Wildman–Crippen LogP) is 0.576. The van der Waals surface area contributed by atoms with Gasteiger partial charge in [0.2, 0.25) is 11.8 Å². The number of hydrogen-bond acceptors (Lipinski definition) is 4. The van der Waals surface area contributed by atoms with Crippen LogP contribution in [0.4, 0.5) is 0 Å². The van der Waals surface area contributed by atoms with Crippen LogP contribution in [0.5, 0.6) is 0 Å². The third-order valence-corrected chi connectivity index (χ3v) is 4.29. The van der Waals surface area contributed by atoms with Crippen LogP contribution in [0.25, 0.3) is 0 Å². The monoisotopic (exact) mass is 266 g/mol. The molecule has 2 aliphatic rings. The van der Waals surface area contributed by atoms with Crippen molar-refractivity contribution < 1.29 is 9.59 Å². The van der Waals surface area contributed by atoms with Gasteiger partial charge in [0.15, 0.2) is 0 Å². The van der Waals surface area contributed by atoms with Crippen molar-refractivity contribution in [2.24, 2.45) is 0 Å². The Labute approximate surface area is 112 Å². The lowest BCUT2D eigenvalue weighted by Crippen LogP contribution is -2.31. The molecule has 5 heteroatoms. The summed E-state index contributed by atoms with van der Waals surface area (Å²) in [5.41, 5.74) is 0. The van der Waals surface area contributed by atoms with Crippen molar-refractivity contribution in [3.8, 4) is 11.8 Å². The molecule has 2 aliphatic heterocycles. The van der Waals surface area contributed by atoms with Gasteiger partial charge in [-0.25, -0.2) is 0 Å². The van der Waals surface area contributed by atoms with Gasteiger partial charge >= 0.3 is 0 Å². The van der Waals surface area contributed by atoms with Crippen LogP contribution in [-0.2, 0) is 9.59 Å². The minimum absolute atomic E-state index is 0.0806. The second-order valence-corrected chi connectivity index (χ2v) is 5.62. The first-order valence-corrected chi connectivity index (χ1v) is 7.56. The highest BCUT2D eigenvalue weighted by molar-refractivity contribution is 8.00. The molecule has 0 N–H and O–H groups in total. The molecule has 0 spiro atoms. The molecule has 2 rings (SSSR count). The molecular weight excluding hydrogens is 248 g/mol. The second kappa shape index (κ2) is 6.26. The topological polar surface area (TPSA) is 40.6 Å². The maximum absolute atomic E-state index is 11.8. The van der Waals surface area contributed by atoms with Crippen molar-refractivity contribution in [2.45, 2.75) is 24.5 Å². The Balaban J connectivity index is 1.80. The van der Waals surface area contributed by atoms with Gasteiger partial charge in [-0.05, 0) is 32.2 Å². The number of likely N-dealkylation sites (tertiary alicyclic amines) is 2. The van der Waals surface area contributed by atoms with E-state index in [-0.39, 0.29) is 23.6 Å². The Bertz CT molecular complexity index is 394. The largest absolute Gasteiger partial charge is 0.292 e. The maximum atomic E-state index is 11.8. The summed E-state index contributed by atoms with van der Waals surface area (Å²) in [4.78, 5) is 27.0. The molecular formula is C13H18N2O2S. The molecule has 18 heavy (non-hydrogen) atoms. The fourth-order valence-electron chi connectivity index (χ4n) is 2.25. The summed E-state index contributed by atoms with van der Waals surface area (Å²) >= 11 is 1.44. The van der Waals surface area contributed by atoms with E-state index >= 15 is 0 Å². The van der Waals surface area contributed by atoms with Gasteiger partial charge in [-0.1, -0.05) is 11.8 Å². The van der Waals surface area contributed by atoms with Crippen molar-refractivity contribution in [2.75, 3.05) is 32.4 Å². The van der Waals surface area contributed by atoms with Crippen LogP contribution < -0.4 is 0 Å². The third kappa shape index (κ3) is 3.06. The highest BCUT2D eigenvalue weighted by Gasteiger charge is 2.37. The van der Waals surface area contributed by atoms with Crippen molar-refractivity contribution in [1.82, 2.24) is 9.80 Å². The Morgan fingerprint density at radius 3 is 2.50 bits per heavy atom. The van der Waals surface area contributed by atoms with E-state index in [1.807, 2.05) is 6.26 Å². The fourth-order valence-corrected chi connectivity index (χ4v) is 2.88. The number of carbonyl (C=O) groups is 2. The highest BCUT2D eigenvalue weighted by atomic mass is 32.2. The Kier molecular flexibility index (Phi) is 4.67. The van der Waals surface area contributed by atoms with E-state index in [1.165, 1.54) is 29.5 Å². The summed E-state index contributed by atoms with van der Waals surface area (Å²) in [7, 11) is 0. The van der Waals surface area contributed by atoms with Crippen molar-refractivity contribution >= 4 is 23.6 Å². The Hall–Kier alpha value is -0.990. The van der Waals surface area contributed by atoms with Crippen LogP contribution >= 0.6 is 11.8 Å². The number of imide groups is 1. The molecule has 2 fully saturated rings. The maximum Gasteiger partial charge on any atom is 0.243 e. The summed E-state index contributed by atoms with van der Waals surface area (Å²) in [5, 5.41) is -0.196. The summed E-state index contributed by atoms with van der Waals surface area (Å²) in [6, 6.07) is 0. The lowest BCUT2D eigenvalue weighted by atomic mass is 10.4. The average Bonchev–Trinajstić information content (AvgIpc) is 2.96. The van der Waals surface area contributed by atoms with Crippen LogP contribution in [0.3, 0.4) is 0 Å². The van der Waals surface area contributed by atoms with Crippen LogP contribution in [0.1, 0.15) is 19.3 Å². The first-order valence-electron chi connectivity index (χ1n) is 6.27. The van der Waals surface area contributed by atoms with Gasteiger partial charge in [0.25, 0.3) is 0 Å². The van der Waals surface area contributed by atoms with E-state index < -0.39 is 0 Å². The van der Waals surface area contributed by atoms with Crippen LogP contribution in [0.15, 0.2) is 0 Å². The zero-order valence-corrected chi connectivity index (χ0v) is 11.5. The van der Waals surface area contributed by atoms with Gasteiger partial charge in [-0.2, -0.15) is 11.8 Å². The summed E-state index contributed by atoms with van der Waals surface area (Å²) in [6.45, 7) is 3.24. The van der Waals surface area contributed by atoms with Gasteiger partial charge in [-0.3, -0.25) is 19.4 Å².